The lowest BCUT2D eigenvalue weighted by atomic mass is 10.0. The predicted octanol–water partition coefficient (Wildman–Crippen LogP) is 1.63. The van der Waals surface area contributed by atoms with Crippen molar-refractivity contribution in [1.82, 2.24) is 0 Å². The van der Waals surface area contributed by atoms with Crippen LogP contribution in [0.5, 0.6) is 5.75 Å². The summed E-state index contributed by atoms with van der Waals surface area (Å²) in [6.45, 7) is 0.474. The summed E-state index contributed by atoms with van der Waals surface area (Å²) in [7, 11) is 0. The molecule has 1 aliphatic heterocycles. The molecule has 2 N–H and O–H groups in total. The van der Waals surface area contributed by atoms with Crippen molar-refractivity contribution in [2.45, 2.75) is 12.5 Å². The molecule has 0 fully saturated rings. The second kappa shape index (κ2) is 3.59. The lowest BCUT2D eigenvalue weighted by Crippen LogP contribution is -2.30. The number of nitrogens with two attached hydrogens (primary N) is 1. The summed E-state index contributed by atoms with van der Waals surface area (Å²) in [6.07, 6.45) is 0.547. The normalized spacial score (nSPS) is 21.0. The van der Waals surface area contributed by atoms with Crippen LogP contribution in [0, 0.1) is 0 Å². The van der Waals surface area contributed by atoms with E-state index in [9.17, 15) is 4.79 Å². The molecule has 0 aliphatic carbocycles. The number of fused-ring (bicyclic) bond motifs is 1. The minimum atomic E-state index is -0.477. The Hall–Kier alpha value is -1.06. The third-order valence-corrected chi connectivity index (χ3v) is 2.47. The van der Waals surface area contributed by atoms with Gasteiger partial charge in [-0.1, -0.05) is 11.6 Å². The molecule has 1 aromatic rings. The molecule has 1 heterocycles. The first kappa shape index (κ1) is 9.49. The molecule has 0 bridgehead atoms. The maximum absolute atomic E-state index is 11.7. The Balaban J connectivity index is 2.50. The second-order valence-corrected chi connectivity index (χ2v) is 3.68. The maximum Gasteiger partial charge on any atom is 0.183 e. The third kappa shape index (κ3) is 1.61. The zero-order valence-corrected chi connectivity index (χ0v) is 8.25. The Morgan fingerprint density at radius 3 is 3.07 bits per heavy atom. The molecule has 74 valence electrons. The van der Waals surface area contributed by atoms with Crippen molar-refractivity contribution in [3.05, 3.63) is 28.8 Å². The van der Waals surface area contributed by atoms with Gasteiger partial charge in [-0.05, 0) is 18.2 Å². The number of hydrogen-bond donors (Lipinski definition) is 1. The van der Waals surface area contributed by atoms with E-state index >= 15 is 0 Å². The molecule has 0 saturated carbocycles. The summed E-state index contributed by atoms with van der Waals surface area (Å²) in [5.74, 6) is 0.479. The molecular formula is C10H10ClNO2. The van der Waals surface area contributed by atoms with Crippen LogP contribution in [-0.4, -0.2) is 18.4 Å². The van der Waals surface area contributed by atoms with Crippen LogP contribution in [0.15, 0.2) is 18.2 Å². The predicted molar refractivity (Wildman–Crippen MR) is 53.9 cm³/mol. The van der Waals surface area contributed by atoms with Crippen LogP contribution in [0.4, 0.5) is 0 Å². The fourth-order valence-electron chi connectivity index (χ4n) is 1.45. The molecular weight excluding hydrogens is 202 g/mol. The van der Waals surface area contributed by atoms with Gasteiger partial charge >= 0.3 is 0 Å². The average molecular weight is 212 g/mol. The lowest BCUT2D eigenvalue weighted by Gasteiger charge is -2.06. The average Bonchev–Trinajstić information content (AvgIpc) is 2.30. The van der Waals surface area contributed by atoms with Crippen molar-refractivity contribution < 1.29 is 9.53 Å². The molecule has 1 aliphatic rings. The van der Waals surface area contributed by atoms with Gasteiger partial charge in [0.15, 0.2) is 5.78 Å². The zero-order valence-electron chi connectivity index (χ0n) is 7.50. The highest BCUT2D eigenvalue weighted by molar-refractivity contribution is 6.31. The van der Waals surface area contributed by atoms with E-state index in [-0.39, 0.29) is 5.78 Å². The van der Waals surface area contributed by atoms with Crippen molar-refractivity contribution >= 4 is 17.4 Å². The molecule has 0 aromatic heterocycles. The summed E-state index contributed by atoms with van der Waals surface area (Å²) in [6, 6.07) is 4.53. The Morgan fingerprint density at radius 2 is 2.29 bits per heavy atom. The summed E-state index contributed by atoms with van der Waals surface area (Å²) < 4.78 is 5.38. The van der Waals surface area contributed by atoms with Crippen LogP contribution in [-0.2, 0) is 0 Å². The van der Waals surface area contributed by atoms with Crippen molar-refractivity contribution in [2.75, 3.05) is 6.61 Å². The van der Waals surface area contributed by atoms with E-state index < -0.39 is 6.04 Å². The standard InChI is InChI=1S/C10H10ClNO2/c11-6-1-2-9-7(5-6)10(13)8(12)3-4-14-9/h1-2,5,8H,3-4,12H2/t8-/m1/s1. The zero-order chi connectivity index (χ0) is 10.1. The highest BCUT2D eigenvalue weighted by Gasteiger charge is 2.23. The van der Waals surface area contributed by atoms with Crippen molar-refractivity contribution in [3.63, 3.8) is 0 Å². The van der Waals surface area contributed by atoms with Crippen molar-refractivity contribution in [2.24, 2.45) is 5.73 Å². The quantitative estimate of drug-likeness (QED) is 0.710. The Kier molecular flexibility index (Phi) is 2.44. The molecule has 14 heavy (non-hydrogen) atoms. The fourth-order valence-corrected chi connectivity index (χ4v) is 1.62. The minimum absolute atomic E-state index is 0.0972. The van der Waals surface area contributed by atoms with Gasteiger partial charge in [-0.3, -0.25) is 4.79 Å². The molecule has 1 atom stereocenters. The number of Topliss-reactive ketones (excluding diaryl/α,β-unsaturated/α-hetero) is 1. The van der Waals surface area contributed by atoms with Gasteiger partial charge in [-0.15, -0.1) is 0 Å². The summed E-state index contributed by atoms with van der Waals surface area (Å²) >= 11 is 5.79. The number of rotatable bonds is 0. The van der Waals surface area contributed by atoms with Gasteiger partial charge < -0.3 is 10.5 Å². The third-order valence-electron chi connectivity index (χ3n) is 2.23. The van der Waals surface area contributed by atoms with E-state index in [4.69, 9.17) is 22.1 Å². The van der Waals surface area contributed by atoms with Crippen molar-refractivity contribution in [1.29, 1.82) is 0 Å². The van der Waals surface area contributed by atoms with Crippen LogP contribution in [0.1, 0.15) is 16.8 Å². The Labute approximate surface area is 86.8 Å². The SMILES string of the molecule is N[C@@H]1CCOc2ccc(Cl)cc2C1=O. The first-order valence-electron chi connectivity index (χ1n) is 4.40. The number of carbonyl (C=O) groups excluding carboxylic acids is 1. The first-order valence-corrected chi connectivity index (χ1v) is 4.78. The van der Waals surface area contributed by atoms with Gasteiger partial charge in [0.25, 0.3) is 0 Å². The number of halogens is 1. The van der Waals surface area contributed by atoms with Gasteiger partial charge in [-0.2, -0.15) is 0 Å². The first-order chi connectivity index (χ1) is 6.68. The molecule has 3 nitrogen and oxygen atoms in total. The van der Waals surface area contributed by atoms with E-state index in [0.29, 0.717) is 29.4 Å². The summed E-state index contributed by atoms with van der Waals surface area (Å²) in [5.41, 5.74) is 6.16. The molecule has 0 unspecified atom stereocenters. The van der Waals surface area contributed by atoms with E-state index in [1.165, 1.54) is 0 Å². The molecule has 4 heteroatoms. The summed E-state index contributed by atoms with van der Waals surface area (Å²) in [4.78, 5) is 11.7. The van der Waals surface area contributed by atoms with Crippen LogP contribution >= 0.6 is 11.6 Å². The topological polar surface area (TPSA) is 52.3 Å². The van der Waals surface area contributed by atoms with E-state index in [1.807, 2.05) is 0 Å². The lowest BCUT2D eigenvalue weighted by molar-refractivity contribution is 0.0960. The summed E-state index contributed by atoms with van der Waals surface area (Å²) in [5, 5.41) is 0.523. The Morgan fingerprint density at radius 1 is 1.50 bits per heavy atom. The molecule has 0 amide bonds. The largest absolute Gasteiger partial charge is 0.493 e. The minimum Gasteiger partial charge on any atom is -0.493 e. The van der Waals surface area contributed by atoms with E-state index in [0.717, 1.165) is 0 Å². The highest BCUT2D eigenvalue weighted by Crippen LogP contribution is 2.26. The molecule has 0 radical (unpaired) electrons. The number of benzene rings is 1. The van der Waals surface area contributed by atoms with Crippen molar-refractivity contribution in [3.8, 4) is 5.75 Å². The van der Waals surface area contributed by atoms with Gasteiger partial charge in [0.1, 0.15) is 5.75 Å². The monoisotopic (exact) mass is 211 g/mol. The Bertz CT molecular complexity index is 378. The molecule has 0 saturated heterocycles. The van der Waals surface area contributed by atoms with Crippen LogP contribution in [0.2, 0.25) is 5.02 Å². The number of ether oxygens (including phenoxy) is 1. The molecule has 0 spiro atoms. The maximum atomic E-state index is 11.7. The smallest absolute Gasteiger partial charge is 0.183 e. The van der Waals surface area contributed by atoms with E-state index in [1.54, 1.807) is 18.2 Å². The van der Waals surface area contributed by atoms with E-state index in [2.05, 4.69) is 0 Å². The van der Waals surface area contributed by atoms with Gasteiger partial charge in [-0.25, -0.2) is 0 Å². The van der Waals surface area contributed by atoms with Gasteiger partial charge in [0, 0.05) is 11.4 Å². The highest BCUT2D eigenvalue weighted by atomic mass is 35.5. The number of carbonyl (C=O) groups is 1. The van der Waals surface area contributed by atoms with Crippen LogP contribution < -0.4 is 10.5 Å². The fraction of sp³-hybridized carbons (Fsp3) is 0.300. The number of hydrogen-bond acceptors (Lipinski definition) is 3. The second-order valence-electron chi connectivity index (χ2n) is 3.25. The van der Waals surface area contributed by atoms with Gasteiger partial charge in [0.2, 0.25) is 0 Å². The van der Waals surface area contributed by atoms with Crippen LogP contribution in [0.3, 0.4) is 0 Å². The number of ketones is 1. The van der Waals surface area contributed by atoms with Crippen LogP contribution in [0.25, 0.3) is 0 Å². The molecule has 2 rings (SSSR count). The van der Waals surface area contributed by atoms with Gasteiger partial charge in [0.05, 0.1) is 18.2 Å². The molecule has 1 aromatic carbocycles.